The molecule has 1 aliphatic heterocycles. The lowest BCUT2D eigenvalue weighted by Gasteiger charge is -2.36. The van der Waals surface area contributed by atoms with Crippen LogP contribution < -0.4 is 4.90 Å². The van der Waals surface area contributed by atoms with E-state index >= 15 is 0 Å². The first kappa shape index (κ1) is 12.9. The number of anilines is 1. The van der Waals surface area contributed by atoms with Crippen LogP contribution in [0.2, 0.25) is 0 Å². The van der Waals surface area contributed by atoms with Crippen LogP contribution >= 0.6 is 0 Å². The number of ether oxygens (including phenoxy) is 1. The molecule has 3 rings (SSSR count). The molecule has 7 heteroatoms. The van der Waals surface area contributed by atoms with Crippen molar-refractivity contribution >= 4 is 17.4 Å². The van der Waals surface area contributed by atoms with E-state index in [0.29, 0.717) is 19.8 Å². The number of nitrogens with zero attached hydrogens (tertiary/aromatic N) is 4. The smallest absolute Gasteiger partial charge is 0.305 e. The van der Waals surface area contributed by atoms with E-state index in [2.05, 4.69) is 10.1 Å². The Bertz CT molecular complexity index is 640. The van der Waals surface area contributed by atoms with Gasteiger partial charge in [0.25, 0.3) is 0 Å². The molecular weight excluding hydrogens is 260 g/mol. The quantitative estimate of drug-likeness (QED) is 0.889. The van der Waals surface area contributed by atoms with Gasteiger partial charge in [-0.1, -0.05) is 0 Å². The number of pyridine rings is 1. The number of hydrogen-bond acceptors (Lipinski definition) is 5. The minimum Gasteiger partial charge on any atom is -0.481 e. The van der Waals surface area contributed by atoms with Gasteiger partial charge in [0, 0.05) is 6.54 Å². The van der Waals surface area contributed by atoms with E-state index in [0.717, 1.165) is 17.0 Å². The molecule has 3 heterocycles. The van der Waals surface area contributed by atoms with Gasteiger partial charge in [-0.15, -0.1) is 0 Å². The predicted molar refractivity (Wildman–Crippen MR) is 71.9 cm³/mol. The van der Waals surface area contributed by atoms with Crippen molar-refractivity contribution in [2.45, 2.75) is 19.4 Å². The highest BCUT2D eigenvalue weighted by Gasteiger charge is 2.27. The van der Waals surface area contributed by atoms with Crippen LogP contribution in [0.1, 0.15) is 12.0 Å². The summed E-state index contributed by atoms with van der Waals surface area (Å²) < 4.78 is 7.15. The molecule has 1 atom stereocenters. The minimum atomic E-state index is -0.826. The molecule has 106 valence electrons. The SMILES string of the molecule is Cc1cc(N2CCOCC2CC(=O)O)n2ncnc2c1. The number of carboxylic acid groups (broad SMARTS) is 1. The molecule has 1 aliphatic rings. The Hall–Kier alpha value is -2.15. The summed E-state index contributed by atoms with van der Waals surface area (Å²) in [4.78, 5) is 17.3. The van der Waals surface area contributed by atoms with Gasteiger partial charge in [0.05, 0.1) is 25.7 Å². The van der Waals surface area contributed by atoms with Gasteiger partial charge in [0.1, 0.15) is 12.1 Å². The van der Waals surface area contributed by atoms with Gasteiger partial charge in [0.15, 0.2) is 5.65 Å². The molecule has 2 aromatic heterocycles. The number of aryl methyl sites for hydroxylation is 1. The summed E-state index contributed by atoms with van der Waals surface area (Å²) in [7, 11) is 0. The maximum atomic E-state index is 11.0. The summed E-state index contributed by atoms with van der Waals surface area (Å²) in [6.45, 7) is 3.64. The standard InChI is InChI=1S/C13H16N4O3/c1-9-4-11-14-8-15-17(11)12(5-9)16-2-3-20-7-10(16)6-13(18)19/h4-5,8,10H,2-3,6-7H2,1H3,(H,18,19). The highest BCUT2D eigenvalue weighted by Crippen LogP contribution is 2.23. The minimum absolute atomic E-state index is 0.0458. The number of carbonyl (C=O) groups is 1. The zero-order valence-electron chi connectivity index (χ0n) is 11.2. The van der Waals surface area contributed by atoms with Crippen molar-refractivity contribution in [3.05, 3.63) is 24.0 Å². The van der Waals surface area contributed by atoms with Crippen LogP contribution in [0.3, 0.4) is 0 Å². The fraction of sp³-hybridized carbons (Fsp3) is 0.462. The molecule has 0 amide bonds. The molecule has 20 heavy (non-hydrogen) atoms. The summed E-state index contributed by atoms with van der Waals surface area (Å²) in [5.41, 5.74) is 1.83. The zero-order valence-corrected chi connectivity index (χ0v) is 11.2. The average molecular weight is 276 g/mol. The van der Waals surface area contributed by atoms with Gasteiger partial charge in [0.2, 0.25) is 0 Å². The number of rotatable bonds is 3. The van der Waals surface area contributed by atoms with Gasteiger partial charge in [-0.25, -0.2) is 4.98 Å². The molecule has 2 aromatic rings. The van der Waals surface area contributed by atoms with Crippen molar-refractivity contribution in [2.24, 2.45) is 0 Å². The molecular formula is C13H16N4O3. The van der Waals surface area contributed by atoms with Gasteiger partial charge in [-0.3, -0.25) is 4.79 Å². The summed E-state index contributed by atoms with van der Waals surface area (Å²) in [6, 6.07) is 3.76. The lowest BCUT2D eigenvalue weighted by molar-refractivity contribution is -0.138. The number of aromatic nitrogens is 3. The summed E-state index contributed by atoms with van der Waals surface area (Å²) in [5.74, 6) is 0.0417. The second-order valence-electron chi connectivity index (χ2n) is 4.94. The van der Waals surface area contributed by atoms with Crippen molar-refractivity contribution in [1.82, 2.24) is 14.6 Å². The van der Waals surface area contributed by atoms with Gasteiger partial charge >= 0.3 is 5.97 Å². The van der Waals surface area contributed by atoms with Crippen LogP contribution in [0.25, 0.3) is 5.65 Å². The predicted octanol–water partition coefficient (Wildman–Crippen LogP) is 0.718. The molecule has 1 N–H and O–H groups in total. The van der Waals surface area contributed by atoms with E-state index in [1.54, 1.807) is 4.52 Å². The summed E-state index contributed by atoms with van der Waals surface area (Å²) in [6.07, 6.45) is 1.55. The van der Waals surface area contributed by atoms with E-state index in [1.807, 2.05) is 24.0 Å². The van der Waals surface area contributed by atoms with E-state index in [1.165, 1.54) is 6.33 Å². The second-order valence-corrected chi connectivity index (χ2v) is 4.94. The molecule has 0 radical (unpaired) electrons. The van der Waals surface area contributed by atoms with Crippen LogP contribution in [0.5, 0.6) is 0 Å². The third-order valence-electron chi connectivity index (χ3n) is 3.44. The average Bonchev–Trinajstić information content (AvgIpc) is 2.86. The maximum Gasteiger partial charge on any atom is 0.305 e. The topological polar surface area (TPSA) is 80.0 Å². The van der Waals surface area contributed by atoms with Crippen LogP contribution in [-0.4, -0.2) is 51.5 Å². The van der Waals surface area contributed by atoms with Crippen molar-refractivity contribution in [3.8, 4) is 0 Å². The molecule has 1 unspecified atom stereocenters. The summed E-state index contributed by atoms with van der Waals surface area (Å²) in [5, 5.41) is 13.3. The fourth-order valence-corrected chi connectivity index (χ4v) is 2.57. The lowest BCUT2D eigenvalue weighted by atomic mass is 10.1. The lowest BCUT2D eigenvalue weighted by Crippen LogP contribution is -2.47. The van der Waals surface area contributed by atoms with Crippen molar-refractivity contribution in [2.75, 3.05) is 24.7 Å². The van der Waals surface area contributed by atoms with E-state index in [-0.39, 0.29) is 12.5 Å². The van der Waals surface area contributed by atoms with E-state index in [9.17, 15) is 4.79 Å². The fourth-order valence-electron chi connectivity index (χ4n) is 2.57. The third kappa shape index (κ3) is 2.32. The molecule has 0 aromatic carbocycles. The van der Waals surface area contributed by atoms with Crippen LogP contribution in [0.15, 0.2) is 18.5 Å². The Morgan fingerprint density at radius 3 is 3.20 bits per heavy atom. The molecule has 1 saturated heterocycles. The molecule has 0 bridgehead atoms. The molecule has 7 nitrogen and oxygen atoms in total. The highest BCUT2D eigenvalue weighted by molar-refractivity contribution is 5.68. The molecule has 0 spiro atoms. The Kier molecular flexibility index (Phi) is 3.27. The maximum absolute atomic E-state index is 11.0. The first-order valence-corrected chi connectivity index (χ1v) is 6.52. The van der Waals surface area contributed by atoms with Gasteiger partial charge in [-0.05, 0) is 24.6 Å². The van der Waals surface area contributed by atoms with Gasteiger partial charge < -0.3 is 14.7 Å². The van der Waals surface area contributed by atoms with E-state index < -0.39 is 5.97 Å². The van der Waals surface area contributed by atoms with Crippen LogP contribution in [-0.2, 0) is 9.53 Å². The normalized spacial score (nSPS) is 19.4. The largest absolute Gasteiger partial charge is 0.481 e. The zero-order chi connectivity index (χ0) is 14.1. The molecule has 0 saturated carbocycles. The number of aliphatic carboxylic acids is 1. The Morgan fingerprint density at radius 2 is 2.40 bits per heavy atom. The van der Waals surface area contributed by atoms with Crippen molar-refractivity contribution < 1.29 is 14.6 Å². The van der Waals surface area contributed by atoms with Crippen molar-refractivity contribution in [1.29, 1.82) is 0 Å². The highest BCUT2D eigenvalue weighted by atomic mass is 16.5. The first-order chi connectivity index (χ1) is 9.65. The van der Waals surface area contributed by atoms with Gasteiger partial charge in [-0.2, -0.15) is 9.61 Å². The number of morpholine rings is 1. The Balaban J connectivity index is 2.02. The third-order valence-corrected chi connectivity index (χ3v) is 3.44. The Labute approximate surface area is 115 Å². The van der Waals surface area contributed by atoms with Crippen molar-refractivity contribution in [3.63, 3.8) is 0 Å². The second kappa shape index (κ2) is 5.09. The summed E-state index contributed by atoms with van der Waals surface area (Å²) >= 11 is 0. The van der Waals surface area contributed by atoms with Crippen LogP contribution in [0, 0.1) is 6.92 Å². The Morgan fingerprint density at radius 1 is 1.55 bits per heavy atom. The molecule has 1 fully saturated rings. The monoisotopic (exact) mass is 276 g/mol. The number of fused-ring (bicyclic) bond motifs is 1. The number of carboxylic acids is 1. The number of hydrogen-bond donors (Lipinski definition) is 1. The van der Waals surface area contributed by atoms with E-state index in [4.69, 9.17) is 9.84 Å². The molecule has 0 aliphatic carbocycles. The van der Waals surface area contributed by atoms with Crippen LogP contribution in [0.4, 0.5) is 5.82 Å². The first-order valence-electron chi connectivity index (χ1n) is 6.52.